The van der Waals surface area contributed by atoms with Crippen molar-refractivity contribution in [2.75, 3.05) is 0 Å². The first-order valence-electron chi connectivity index (χ1n) is 5.94. The first-order valence-corrected chi connectivity index (χ1v) is 5.94. The van der Waals surface area contributed by atoms with Gasteiger partial charge in [0.15, 0.2) is 0 Å². The quantitative estimate of drug-likeness (QED) is 0.936. The molecule has 0 bridgehead atoms. The Morgan fingerprint density at radius 3 is 2.40 bits per heavy atom. The Kier molecular flexibility index (Phi) is 4.24. The van der Waals surface area contributed by atoms with E-state index in [9.17, 15) is 13.2 Å². The number of hydrogen-bond donors (Lipinski definition) is 1. The zero-order chi connectivity index (χ0) is 14.6. The molecule has 0 radical (unpaired) electrons. The summed E-state index contributed by atoms with van der Waals surface area (Å²) in [5.74, 6) is -0.240. The van der Waals surface area contributed by atoms with Gasteiger partial charge in [0.05, 0.1) is 0 Å². The van der Waals surface area contributed by atoms with Gasteiger partial charge in [0.2, 0.25) is 0 Å². The molecule has 106 valence electrons. The Hall–Kier alpha value is -2.08. The summed E-state index contributed by atoms with van der Waals surface area (Å²) in [5.41, 5.74) is 7.72. The molecule has 0 saturated heterocycles. The normalized spacial score (nSPS) is 13.0. The molecule has 1 heterocycles. The third kappa shape index (κ3) is 4.24. The molecular formula is C14H13F3N2O. The predicted molar refractivity (Wildman–Crippen MR) is 68.0 cm³/mol. The van der Waals surface area contributed by atoms with E-state index in [-0.39, 0.29) is 11.8 Å². The van der Waals surface area contributed by atoms with Gasteiger partial charge in [-0.2, -0.15) is 0 Å². The van der Waals surface area contributed by atoms with Gasteiger partial charge in [0.25, 0.3) is 0 Å². The summed E-state index contributed by atoms with van der Waals surface area (Å²) in [6.45, 7) is 0. The summed E-state index contributed by atoms with van der Waals surface area (Å²) in [6, 6.07) is 9.08. The van der Waals surface area contributed by atoms with E-state index in [1.54, 1.807) is 30.6 Å². The maximum atomic E-state index is 12.0. The number of benzene rings is 1. The van der Waals surface area contributed by atoms with Crippen LogP contribution in [0.5, 0.6) is 5.75 Å². The fraction of sp³-hybridized carbons (Fsp3) is 0.214. The third-order valence-corrected chi connectivity index (χ3v) is 2.73. The Balaban J connectivity index is 2.00. The second-order valence-electron chi connectivity index (χ2n) is 4.29. The highest BCUT2D eigenvalue weighted by molar-refractivity contribution is 5.29. The van der Waals surface area contributed by atoms with Gasteiger partial charge >= 0.3 is 6.36 Å². The monoisotopic (exact) mass is 282 g/mol. The fourth-order valence-corrected chi connectivity index (χ4v) is 1.79. The van der Waals surface area contributed by atoms with Crippen LogP contribution in [0.2, 0.25) is 0 Å². The van der Waals surface area contributed by atoms with Crippen molar-refractivity contribution < 1.29 is 17.9 Å². The summed E-state index contributed by atoms with van der Waals surface area (Å²) >= 11 is 0. The van der Waals surface area contributed by atoms with E-state index >= 15 is 0 Å². The minimum absolute atomic E-state index is 0.240. The number of aromatic nitrogens is 1. The number of alkyl halides is 3. The molecule has 0 amide bonds. The molecular weight excluding hydrogens is 269 g/mol. The fourth-order valence-electron chi connectivity index (χ4n) is 1.79. The van der Waals surface area contributed by atoms with Gasteiger partial charge in [-0.05, 0) is 35.7 Å². The molecule has 0 aliphatic heterocycles. The van der Waals surface area contributed by atoms with E-state index in [0.29, 0.717) is 6.42 Å². The van der Waals surface area contributed by atoms with Crippen LogP contribution in [0.25, 0.3) is 0 Å². The van der Waals surface area contributed by atoms with E-state index in [0.717, 1.165) is 11.1 Å². The summed E-state index contributed by atoms with van der Waals surface area (Å²) in [4.78, 5) is 3.98. The number of nitrogens with two attached hydrogens (primary N) is 1. The lowest BCUT2D eigenvalue weighted by Crippen LogP contribution is -2.17. The summed E-state index contributed by atoms with van der Waals surface area (Å²) in [6.07, 6.45) is -0.836. The number of halogens is 3. The Morgan fingerprint density at radius 2 is 1.85 bits per heavy atom. The second-order valence-corrected chi connectivity index (χ2v) is 4.29. The summed E-state index contributed by atoms with van der Waals surface area (Å²) in [7, 11) is 0. The van der Waals surface area contributed by atoms with Gasteiger partial charge < -0.3 is 10.5 Å². The van der Waals surface area contributed by atoms with Crippen LogP contribution in [0, 0.1) is 0 Å². The summed E-state index contributed by atoms with van der Waals surface area (Å²) < 4.78 is 39.9. The van der Waals surface area contributed by atoms with Gasteiger partial charge in [-0.3, -0.25) is 4.98 Å². The molecule has 0 aliphatic carbocycles. The third-order valence-electron chi connectivity index (χ3n) is 2.73. The largest absolute Gasteiger partial charge is 0.573 e. The van der Waals surface area contributed by atoms with Crippen LogP contribution >= 0.6 is 0 Å². The van der Waals surface area contributed by atoms with E-state index in [1.165, 1.54) is 12.1 Å². The van der Waals surface area contributed by atoms with Gasteiger partial charge in [0, 0.05) is 18.4 Å². The number of hydrogen-bond acceptors (Lipinski definition) is 3. The average Bonchev–Trinajstić information content (AvgIpc) is 2.40. The van der Waals surface area contributed by atoms with Gasteiger partial charge in [-0.15, -0.1) is 13.2 Å². The average molecular weight is 282 g/mol. The van der Waals surface area contributed by atoms with Crippen molar-refractivity contribution in [3.63, 3.8) is 0 Å². The maximum Gasteiger partial charge on any atom is 0.573 e. The molecule has 1 atom stereocenters. The van der Waals surface area contributed by atoms with Crippen molar-refractivity contribution in [2.24, 2.45) is 5.73 Å². The van der Waals surface area contributed by atoms with Crippen LogP contribution in [0.4, 0.5) is 13.2 Å². The minimum atomic E-state index is -4.67. The van der Waals surface area contributed by atoms with Crippen molar-refractivity contribution in [1.82, 2.24) is 4.98 Å². The first-order chi connectivity index (χ1) is 9.44. The highest BCUT2D eigenvalue weighted by atomic mass is 19.4. The Morgan fingerprint density at radius 1 is 1.15 bits per heavy atom. The zero-order valence-corrected chi connectivity index (χ0v) is 10.5. The lowest BCUT2D eigenvalue weighted by molar-refractivity contribution is -0.274. The minimum Gasteiger partial charge on any atom is -0.406 e. The molecule has 1 aromatic carbocycles. The first kappa shape index (κ1) is 14.3. The number of nitrogens with zero attached hydrogens (tertiary/aromatic N) is 1. The highest BCUT2D eigenvalue weighted by Gasteiger charge is 2.30. The van der Waals surface area contributed by atoms with Gasteiger partial charge in [-0.25, -0.2) is 0 Å². The van der Waals surface area contributed by atoms with E-state index in [1.807, 2.05) is 6.07 Å². The van der Waals surface area contributed by atoms with Crippen molar-refractivity contribution in [2.45, 2.75) is 18.8 Å². The van der Waals surface area contributed by atoms with Crippen LogP contribution < -0.4 is 10.5 Å². The molecule has 2 aromatic rings. The van der Waals surface area contributed by atoms with E-state index in [2.05, 4.69) is 9.72 Å². The number of rotatable bonds is 4. The van der Waals surface area contributed by atoms with E-state index < -0.39 is 6.36 Å². The lowest BCUT2D eigenvalue weighted by atomic mass is 10.0. The van der Waals surface area contributed by atoms with Crippen molar-refractivity contribution in [3.8, 4) is 5.75 Å². The predicted octanol–water partition coefficient (Wildman–Crippen LogP) is 3.22. The van der Waals surface area contributed by atoms with Crippen molar-refractivity contribution >= 4 is 0 Å². The molecule has 20 heavy (non-hydrogen) atoms. The maximum absolute atomic E-state index is 12.0. The van der Waals surface area contributed by atoms with Crippen LogP contribution in [0.15, 0.2) is 48.8 Å². The van der Waals surface area contributed by atoms with Gasteiger partial charge in [-0.1, -0.05) is 18.2 Å². The standard InChI is InChI=1S/C14H13F3N2O/c15-14(16,17)20-12-5-3-10(4-6-12)8-13(18)11-2-1-7-19-9-11/h1-7,9,13H,8,18H2. The Labute approximate surface area is 114 Å². The highest BCUT2D eigenvalue weighted by Crippen LogP contribution is 2.24. The molecule has 2 rings (SSSR count). The lowest BCUT2D eigenvalue weighted by Gasteiger charge is -2.13. The number of pyridine rings is 1. The molecule has 0 aliphatic rings. The zero-order valence-electron chi connectivity index (χ0n) is 10.5. The molecule has 0 spiro atoms. The molecule has 1 unspecified atom stereocenters. The molecule has 3 nitrogen and oxygen atoms in total. The van der Waals surface area contributed by atoms with Crippen molar-refractivity contribution in [1.29, 1.82) is 0 Å². The molecule has 2 N–H and O–H groups in total. The molecule has 6 heteroatoms. The molecule has 0 saturated carbocycles. The smallest absolute Gasteiger partial charge is 0.406 e. The molecule has 1 aromatic heterocycles. The Bertz CT molecular complexity index is 541. The SMILES string of the molecule is NC(Cc1ccc(OC(F)(F)F)cc1)c1cccnc1. The van der Waals surface area contributed by atoms with Crippen LogP contribution in [0.1, 0.15) is 17.2 Å². The van der Waals surface area contributed by atoms with E-state index in [4.69, 9.17) is 5.73 Å². The van der Waals surface area contributed by atoms with Crippen LogP contribution in [-0.2, 0) is 6.42 Å². The summed E-state index contributed by atoms with van der Waals surface area (Å²) in [5, 5.41) is 0. The molecule has 0 fully saturated rings. The second kappa shape index (κ2) is 5.92. The van der Waals surface area contributed by atoms with Crippen molar-refractivity contribution in [3.05, 3.63) is 59.9 Å². The van der Waals surface area contributed by atoms with Gasteiger partial charge in [0.1, 0.15) is 5.75 Å². The van der Waals surface area contributed by atoms with Crippen LogP contribution in [-0.4, -0.2) is 11.3 Å². The topological polar surface area (TPSA) is 48.1 Å². The number of ether oxygens (including phenoxy) is 1. The van der Waals surface area contributed by atoms with Crippen LogP contribution in [0.3, 0.4) is 0 Å².